The second-order valence-corrected chi connectivity index (χ2v) is 3.03. The molecular weight excluding hydrogens is 142 g/mol. The lowest BCUT2D eigenvalue weighted by atomic mass is 9.86. The Kier molecular flexibility index (Phi) is 2.49. The van der Waals surface area contributed by atoms with Crippen molar-refractivity contribution in [1.29, 1.82) is 0 Å². The van der Waals surface area contributed by atoms with E-state index in [1.54, 1.807) is 0 Å². The monoisotopic (exact) mass is 153 g/mol. The minimum absolute atomic E-state index is 0.0961. The van der Waals surface area contributed by atoms with Gasteiger partial charge in [-0.25, -0.2) is 0 Å². The lowest BCUT2D eigenvalue weighted by Crippen LogP contribution is -2.25. The zero-order chi connectivity index (χ0) is 8.27. The van der Waals surface area contributed by atoms with Crippen molar-refractivity contribution in [2.45, 2.75) is 32.2 Å². The van der Waals surface area contributed by atoms with Crippen molar-refractivity contribution in [3.05, 3.63) is 10.4 Å². The Morgan fingerprint density at radius 3 is 3.09 bits per heavy atom. The molecule has 4 heteroatoms. The maximum Gasteiger partial charge on any atom is 0.133 e. The summed E-state index contributed by atoms with van der Waals surface area (Å²) in [6.07, 6.45) is 1.95. The van der Waals surface area contributed by atoms with Gasteiger partial charge >= 0.3 is 0 Å². The summed E-state index contributed by atoms with van der Waals surface area (Å²) < 4.78 is 0. The summed E-state index contributed by atoms with van der Waals surface area (Å²) in [5.74, 6) is 0.587. The summed E-state index contributed by atoms with van der Waals surface area (Å²) >= 11 is 0. The third kappa shape index (κ3) is 1.95. The largest absolute Gasteiger partial charge is 0.300 e. The van der Waals surface area contributed by atoms with E-state index < -0.39 is 0 Å². The van der Waals surface area contributed by atoms with E-state index in [2.05, 4.69) is 10.0 Å². The van der Waals surface area contributed by atoms with Crippen molar-refractivity contribution in [1.82, 2.24) is 0 Å². The van der Waals surface area contributed by atoms with Gasteiger partial charge in [0, 0.05) is 23.8 Å². The van der Waals surface area contributed by atoms with Crippen molar-refractivity contribution >= 4 is 5.78 Å². The van der Waals surface area contributed by atoms with Crippen molar-refractivity contribution in [3.8, 4) is 0 Å². The lowest BCUT2D eigenvalue weighted by molar-refractivity contribution is -0.121. The molecule has 11 heavy (non-hydrogen) atoms. The molecule has 0 aromatic carbocycles. The molecule has 0 saturated heterocycles. The van der Waals surface area contributed by atoms with Crippen molar-refractivity contribution < 1.29 is 4.79 Å². The Morgan fingerprint density at radius 1 is 1.73 bits per heavy atom. The number of azide groups is 1. The summed E-state index contributed by atoms with van der Waals surface area (Å²) in [5, 5.41) is 3.57. The van der Waals surface area contributed by atoms with Gasteiger partial charge in [0.2, 0.25) is 0 Å². The maximum absolute atomic E-state index is 10.9. The molecule has 1 saturated carbocycles. The number of rotatable bonds is 1. The quantitative estimate of drug-likeness (QED) is 0.323. The molecule has 2 unspecified atom stereocenters. The minimum Gasteiger partial charge on any atom is -0.300 e. The van der Waals surface area contributed by atoms with Crippen LogP contribution in [0.15, 0.2) is 5.11 Å². The number of hydrogen-bond donors (Lipinski definition) is 0. The number of Topliss-reactive ketones (excluding diaryl/α,β-unsaturated/α-hetero) is 1. The van der Waals surface area contributed by atoms with Crippen LogP contribution in [0.2, 0.25) is 0 Å². The molecule has 1 fully saturated rings. The summed E-state index contributed by atoms with van der Waals surface area (Å²) in [4.78, 5) is 13.6. The molecular formula is C7H11N3O. The summed E-state index contributed by atoms with van der Waals surface area (Å²) in [7, 11) is 0. The molecule has 2 atom stereocenters. The molecule has 1 aliphatic rings. The fourth-order valence-corrected chi connectivity index (χ4v) is 1.34. The van der Waals surface area contributed by atoms with Crippen molar-refractivity contribution in [2.24, 2.45) is 11.0 Å². The smallest absolute Gasteiger partial charge is 0.133 e. The Balaban J connectivity index is 2.60. The molecule has 0 N–H and O–H groups in total. The molecule has 0 aromatic rings. The Hall–Kier alpha value is -1.02. The van der Waals surface area contributed by atoms with Crippen LogP contribution in [0.3, 0.4) is 0 Å². The predicted octanol–water partition coefficient (Wildman–Crippen LogP) is 2.05. The maximum atomic E-state index is 10.9. The normalized spacial score (nSPS) is 31.2. The third-order valence-corrected chi connectivity index (χ3v) is 2.17. The average molecular weight is 153 g/mol. The van der Waals surface area contributed by atoms with E-state index in [4.69, 9.17) is 5.53 Å². The van der Waals surface area contributed by atoms with Crippen LogP contribution in [0.5, 0.6) is 0 Å². The van der Waals surface area contributed by atoms with E-state index >= 15 is 0 Å². The first-order chi connectivity index (χ1) is 5.24. The van der Waals surface area contributed by atoms with Gasteiger partial charge < -0.3 is 0 Å². The van der Waals surface area contributed by atoms with Gasteiger partial charge in [-0.2, -0.15) is 0 Å². The summed E-state index contributed by atoms with van der Waals surface area (Å²) in [6.45, 7) is 2.02. The summed E-state index contributed by atoms with van der Waals surface area (Å²) in [6, 6.07) is -0.0961. The van der Waals surface area contributed by atoms with Gasteiger partial charge in [0.15, 0.2) is 0 Å². The van der Waals surface area contributed by atoms with Gasteiger partial charge in [0.1, 0.15) is 5.78 Å². The van der Waals surface area contributed by atoms with Crippen molar-refractivity contribution in [2.75, 3.05) is 0 Å². The zero-order valence-corrected chi connectivity index (χ0v) is 6.53. The van der Waals surface area contributed by atoms with E-state index in [9.17, 15) is 4.79 Å². The molecule has 0 aliphatic heterocycles. The van der Waals surface area contributed by atoms with Crippen LogP contribution in [0, 0.1) is 5.92 Å². The van der Waals surface area contributed by atoms with Crippen LogP contribution in [0.4, 0.5) is 0 Å². The molecule has 4 nitrogen and oxygen atoms in total. The summed E-state index contributed by atoms with van der Waals surface area (Å²) in [5.41, 5.74) is 8.17. The number of ketones is 1. The number of nitrogens with zero attached hydrogens (tertiary/aromatic N) is 3. The van der Waals surface area contributed by atoms with Gasteiger partial charge in [-0.05, 0) is 17.9 Å². The fraction of sp³-hybridized carbons (Fsp3) is 0.857. The molecule has 0 bridgehead atoms. The minimum atomic E-state index is -0.0961. The molecule has 0 spiro atoms. The lowest BCUT2D eigenvalue weighted by Gasteiger charge is -2.23. The molecule has 0 heterocycles. The highest BCUT2D eigenvalue weighted by Gasteiger charge is 2.24. The standard InChI is InChI=1S/C7H11N3O/c1-5-2-3-6(11)4-7(5)9-10-8/h5,7H,2-4H2,1H3. The number of hydrogen-bond acceptors (Lipinski definition) is 2. The van der Waals surface area contributed by atoms with Crippen LogP contribution in [-0.2, 0) is 4.79 Å². The second-order valence-electron chi connectivity index (χ2n) is 3.03. The Bertz CT molecular complexity index is 208. The highest BCUT2D eigenvalue weighted by Crippen LogP contribution is 2.24. The zero-order valence-electron chi connectivity index (χ0n) is 6.53. The van der Waals surface area contributed by atoms with Crippen LogP contribution >= 0.6 is 0 Å². The van der Waals surface area contributed by atoms with Gasteiger partial charge in [-0.3, -0.25) is 4.79 Å². The molecule has 0 aromatic heterocycles. The van der Waals surface area contributed by atoms with Gasteiger partial charge in [0.25, 0.3) is 0 Å². The molecule has 0 radical (unpaired) electrons. The second kappa shape index (κ2) is 3.39. The number of carbonyl (C=O) groups excluding carboxylic acids is 1. The van der Waals surface area contributed by atoms with Crippen LogP contribution in [-0.4, -0.2) is 11.8 Å². The van der Waals surface area contributed by atoms with Crippen LogP contribution < -0.4 is 0 Å². The van der Waals surface area contributed by atoms with E-state index in [0.29, 0.717) is 18.8 Å². The highest BCUT2D eigenvalue weighted by atomic mass is 16.1. The third-order valence-electron chi connectivity index (χ3n) is 2.17. The van der Waals surface area contributed by atoms with E-state index in [0.717, 1.165) is 6.42 Å². The van der Waals surface area contributed by atoms with Gasteiger partial charge in [0.05, 0.1) is 0 Å². The molecule has 60 valence electrons. The molecule has 0 amide bonds. The Labute approximate surface area is 65.2 Å². The predicted molar refractivity (Wildman–Crippen MR) is 41.0 cm³/mol. The molecule has 1 aliphatic carbocycles. The first-order valence-corrected chi connectivity index (χ1v) is 3.80. The van der Waals surface area contributed by atoms with E-state index in [-0.39, 0.29) is 11.8 Å². The van der Waals surface area contributed by atoms with Gasteiger partial charge in [-0.15, -0.1) is 0 Å². The Morgan fingerprint density at radius 2 is 2.45 bits per heavy atom. The first kappa shape index (κ1) is 8.08. The van der Waals surface area contributed by atoms with Crippen molar-refractivity contribution in [3.63, 3.8) is 0 Å². The first-order valence-electron chi connectivity index (χ1n) is 3.80. The van der Waals surface area contributed by atoms with Gasteiger partial charge in [-0.1, -0.05) is 12.0 Å². The highest BCUT2D eigenvalue weighted by molar-refractivity contribution is 5.79. The number of carbonyl (C=O) groups is 1. The fourth-order valence-electron chi connectivity index (χ4n) is 1.34. The van der Waals surface area contributed by atoms with E-state index in [1.807, 2.05) is 6.92 Å². The SMILES string of the molecule is CC1CCC(=O)CC1N=[N+]=[N-]. The average Bonchev–Trinajstić information content (AvgIpc) is 1.98. The molecule has 1 rings (SSSR count). The topological polar surface area (TPSA) is 65.8 Å². The van der Waals surface area contributed by atoms with Crippen LogP contribution in [0.1, 0.15) is 26.2 Å². The van der Waals surface area contributed by atoms with E-state index in [1.165, 1.54) is 0 Å². The van der Waals surface area contributed by atoms with Crippen LogP contribution in [0.25, 0.3) is 10.4 Å².